The second kappa shape index (κ2) is 6.92. The summed E-state index contributed by atoms with van der Waals surface area (Å²) in [5, 5.41) is 0. The van der Waals surface area contributed by atoms with Gasteiger partial charge in [-0.25, -0.2) is 0 Å². The zero-order valence-electron chi connectivity index (χ0n) is 14.4. The minimum Gasteiger partial charge on any atom is -0.379 e. The van der Waals surface area contributed by atoms with Crippen molar-refractivity contribution in [2.75, 3.05) is 32.8 Å². The molecular weight excluding hydrogens is 294 g/mol. The summed E-state index contributed by atoms with van der Waals surface area (Å²) in [5.41, 5.74) is 8.82. The van der Waals surface area contributed by atoms with Crippen molar-refractivity contribution in [3.8, 4) is 11.1 Å². The van der Waals surface area contributed by atoms with E-state index in [9.17, 15) is 0 Å². The van der Waals surface area contributed by atoms with Gasteiger partial charge in [-0.2, -0.15) is 0 Å². The third-order valence-electron chi connectivity index (χ3n) is 5.32. The molecule has 2 aromatic rings. The normalized spacial score (nSPS) is 18.0. The average molecular weight is 319 g/mol. The Bertz CT molecular complexity index is 742. The SMILES string of the molecule is CC1=C(CCN2CCOCC2)c2cccc(-c3ccccc3)c2C1. The summed E-state index contributed by atoms with van der Waals surface area (Å²) in [6, 6.07) is 17.6. The van der Waals surface area contributed by atoms with Gasteiger partial charge in [0.15, 0.2) is 0 Å². The number of allylic oxidation sites excluding steroid dienone is 1. The molecule has 1 saturated heterocycles. The minimum absolute atomic E-state index is 0.882. The summed E-state index contributed by atoms with van der Waals surface area (Å²) in [4.78, 5) is 2.53. The molecule has 2 aliphatic rings. The van der Waals surface area contributed by atoms with Crippen LogP contribution in [-0.2, 0) is 11.2 Å². The molecule has 0 amide bonds. The molecule has 1 aliphatic heterocycles. The van der Waals surface area contributed by atoms with Crippen LogP contribution >= 0.6 is 0 Å². The van der Waals surface area contributed by atoms with Crippen LogP contribution in [0.15, 0.2) is 54.1 Å². The molecule has 1 aliphatic carbocycles. The van der Waals surface area contributed by atoms with Gasteiger partial charge >= 0.3 is 0 Å². The molecule has 124 valence electrons. The molecule has 0 unspecified atom stereocenters. The van der Waals surface area contributed by atoms with Gasteiger partial charge in [0.05, 0.1) is 13.2 Å². The lowest BCUT2D eigenvalue weighted by molar-refractivity contribution is 0.0390. The van der Waals surface area contributed by atoms with Gasteiger partial charge in [-0.1, -0.05) is 54.1 Å². The highest BCUT2D eigenvalue weighted by Gasteiger charge is 2.22. The average Bonchev–Trinajstić information content (AvgIpc) is 2.97. The van der Waals surface area contributed by atoms with E-state index in [2.05, 4.69) is 60.4 Å². The van der Waals surface area contributed by atoms with E-state index in [0.29, 0.717) is 0 Å². The first kappa shape index (κ1) is 15.6. The number of benzene rings is 2. The molecule has 0 bridgehead atoms. The number of fused-ring (bicyclic) bond motifs is 1. The number of hydrogen-bond acceptors (Lipinski definition) is 2. The Kier molecular flexibility index (Phi) is 4.50. The molecule has 2 heteroatoms. The molecule has 1 fully saturated rings. The summed E-state index contributed by atoms with van der Waals surface area (Å²) in [5.74, 6) is 0. The fourth-order valence-electron chi connectivity index (χ4n) is 3.99. The Morgan fingerprint density at radius 1 is 0.917 bits per heavy atom. The quantitative estimate of drug-likeness (QED) is 0.828. The maximum atomic E-state index is 5.46. The highest BCUT2D eigenvalue weighted by Crippen LogP contribution is 2.40. The molecule has 0 saturated carbocycles. The fraction of sp³-hybridized carbons (Fsp3) is 0.364. The molecular formula is C22H25NO. The van der Waals surface area contributed by atoms with E-state index in [1.54, 1.807) is 11.1 Å². The van der Waals surface area contributed by atoms with Crippen LogP contribution in [0.2, 0.25) is 0 Å². The van der Waals surface area contributed by atoms with Crippen molar-refractivity contribution in [3.63, 3.8) is 0 Å². The Hall–Kier alpha value is -1.90. The van der Waals surface area contributed by atoms with Crippen molar-refractivity contribution in [1.82, 2.24) is 4.90 Å². The Morgan fingerprint density at radius 3 is 2.46 bits per heavy atom. The predicted molar refractivity (Wildman–Crippen MR) is 100 cm³/mol. The van der Waals surface area contributed by atoms with Crippen molar-refractivity contribution < 1.29 is 4.74 Å². The predicted octanol–water partition coefficient (Wildman–Crippen LogP) is 4.41. The van der Waals surface area contributed by atoms with Gasteiger partial charge < -0.3 is 4.74 Å². The van der Waals surface area contributed by atoms with Gasteiger partial charge in [0.2, 0.25) is 0 Å². The lowest BCUT2D eigenvalue weighted by Gasteiger charge is -2.27. The molecule has 0 spiro atoms. The summed E-state index contributed by atoms with van der Waals surface area (Å²) in [6.45, 7) is 7.36. The van der Waals surface area contributed by atoms with Gasteiger partial charge in [0.25, 0.3) is 0 Å². The third kappa shape index (κ3) is 3.04. The lowest BCUT2D eigenvalue weighted by atomic mass is 9.94. The zero-order chi connectivity index (χ0) is 16.4. The number of hydrogen-bond donors (Lipinski definition) is 0. The molecule has 2 aromatic carbocycles. The molecule has 1 heterocycles. The van der Waals surface area contributed by atoms with Gasteiger partial charge in [0, 0.05) is 19.6 Å². The molecule has 24 heavy (non-hydrogen) atoms. The second-order valence-corrected chi connectivity index (χ2v) is 6.84. The van der Waals surface area contributed by atoms with Crippen LogP contribution in [-0.4, -0.2) is 37.7 Å². The van der Waals surface area contributed by atoms with Crippen molar-refractivity contribution >= 4 is 5.57 Å². The first-order valence-corrected chi connectivity index (χ1v) is 8.99. The first-order valence-electron chi connectivity index (χ1n) is 8.99. The van der Waals surface area contributed by atoms with Crippen LogP contribution in [0.25, 0.3) is 16.7 Å². The lowest BCUT2D eigenvalue weighted by Crippen LogP contribution is -2.36. The summed E-state index contributed by atoms with van der Waals surface area (Å²) in [6.07, 6.45) is 2.25. The van der Waals surface area contributed by atoms with E-state index in [0.717, 1.165) is 45.7 Å². The number of nitrogens with zero attached hydrogens (tertiary/aromatic N) is 1. The van der Waals surface area contributed by atoms with Crippen LogP contribution in [0.5, 0.6) is 0 Å². The zero-order valence-corrected chi connectivity index (χ0v) is 14.4. The Morgan fingerprint density at radius 2 is 1.67 bits per heavy atom. The van der Waals surface area contributed by atoms with Crippen LogP contribution < -0.4 is 0 Å². The Labute approximate surface area is 144 Å². The van der Waals surface area contributed by atoms with Crippen LogP contribution in [0, 0.1) is 0 Å². The topological polar surface area (TPSA) is 12.5 Å². The largest absolute Gasteiger partial charge is 0.379 e. The van der Waals surface area contributed by atoms with Crippen molar-refractivity contribution in [3.05, 3.63) is 65.2 Å². The highest BCUT2D eigenvalue weighted by molar-refractivity contribution is 5.83. The van der Waals surface area contributed by atoms with Crippen LogP contribution in [0.1, 0.15) is 24.5 Å². The number of rotatable bonds is 4. The summed E-state index contributed by atoms with van der Waals surface area (Å²) in [7, 11) is 0. The maximum Gasteiger partial charge on any atom is 0.0594 e. The maximum absolute atomic E-state index is 5.46. The molecule has 0 atom stereocenters. The smallest absolute Gasteiger partial charge is 0.0594 e. The Balaban J connectivity index is 1.57. The van der Waals surface area contributed by atoms with Crippen molar-refractivity contribution in [2.45, 2.75) is 19.8 Å². The number of morpholine rings is 1. The van der Waals surface area contributed by atoms with E-state index in [1.165, 1.54) is 22.3 Å². The molecule has 2 nitrogen and oxygen atoms in total. The summed E-state index contributed by atoms with van der Waals surface area (Å²) >= 11 is 0. The first-order chi connectivity index (χ1) is 11.8. The molecule has 0 N–H and O–H groups in total. The van der Waals surface area contributed by atoms with Gasteiger partial charge in [-0.05, 0) is 47.6 Å². The van der Waals surface area contributed by atoms with Gasteiger partial charge in [0.1, 0.15) is 0 Å². The summed E-state index contributed by atoms with van der Waals surface area (Å²) < 4.78 is 5.46. The monoisotopic (exact) mass is 319 g/mol. The van der Waals surface area contributed by atoms with E-state index in [-0.39, 0.29) is 0 Å². The molecule has 0 radical (unpaired) electrons. The van der Waals surface area contributed by atoms with E-state index in [1.807, 2.05) is 0 Å². The molecule has 0 aromatic heterocycles. The van der Waals surface area contributed by atoms with Crippen molar-refractivity contribution in [1.29, 1.82) is 0 Å². The van der Waals surface area contributed by atoms with E-state index >= 15 is 0 Å². The second-order valence-electron chi connectivity index (χ2n) is 6.84. The van der Waals surface area contributed by atoms with Crippen LogP contribution in [0.3, 0.4) is 0 Å². The van der Waals surface area contributed by atoms with Crippen molar-refractivity contribution in [2.24, 2.45) is 0 Å². The van der Waals surface area contributed by atoms with Gasteiger partial charge in [-0.3, -0.25) is 4.90 Å². The number of ether oxygens (including phenoxy) is 1. The van der Waals surface area contributed by atoms with E-state index < -0.39 is 0 Å². The fourth-order valence-corrected chi connectivity index (χ4v) is 3.99. The molecule has 4 rings (SSSR count). The minimum atomic E-state index is 0.882. The third-order valence-corrected chi connectivity index (χ3v) is 5.32. The van der Waals surface area contributed by atoms with Crippen LogP contribution in [0.4, 0.5) is 0 Å². The van der Waals surface area contributed by atoms with E-state index in [4.69, 9.17) is 4.74 Å². The standard InChI is InChI=1S/C22H25NO/c1-17-16-22-20(18-6-3-2-4-7-18)8-5-9-21(22)19(17)10-11-23-12-14-24-15-13-23/h2-9H,10-16H2,1H3. The van der Waals surface area contributed by atoms with Gasteiger partial charge in [-0.15, -0.1) is 0 Å². The highest BCUT2D eigenvalue weighted by atomic mass is 16.5.